The molecule has 1 aliphatic heterocycles. The van der Waals surface area contributed by atoms with Crippen LogP contribution in [0.15, 0.2) is 48.5 Å². The van der Waals surface area contributed by atoms with E-state index < -0.39 is 6.04 Å². The van der Waals surface area contributed by atoms with Crippen molar-refractivity contribution >= 4 is 35.1 Å². The average Bonchev–Trinajstić information content (AvgIpc) is 2.89. The number of nitrogens with one attached hydrogen (secondary N) is 3. The van der Waals surface area contributed by atoms with E-state index >= 15 is 0 Å². The molecule has 1 fully saturated rings. The molecule has 0 radical (unpaired) electrons. The first-order valence-corrected chi connectivity index (χ1v) is 12.4. The van der Waals surface area contributed by atoms with Crippen molar-refractivity contribution in [3.8, 4) is 6.07 Å². The van der Waals surface area contributed by atoms with Crippen molar-refractivity contribution in [1.29, 1.82) is 5.26 Å². The van der Waals surface area contributed by atoms with Crippen LogP contribution in [-0.2, 0) is 17.8 Å². The Balaban J connectivity index is 1.49. The number of hydrogen-bond donors (Lipinski definition) is 3. The van der Waals surface area contributed by atoms with E-state index in [4.69, 9.17) is 16.9 Å². The maximum absolute atomic E-state index is 12.9. The lowest BCUT2D eigenvalue weighted by Crippen LogP contribution is -2.42. The third kappa shape index (κ3) is 7.60. The van der Waals surface area contributed by atoms with Crippen molar-refractivity contribution in [2.24, 2.45) is 0 Å². The number of aromatic nitrogens is 3. The van der Waals surface area contributed by atoms with Gasteiger partial charge in [0.15, 0.2) is 0 Å². The Labute approximate surface area is 221 Å². The lowest BCUT2D eigenvalue weighted by atomic mass is 10.0. The summed E-state index contributed by atoms with van der Waals surface area (Å²) >= 11 is 6.21. The highest BCUT2D eigenvalue weighted by Crippen LogP contribution is 2.19. The Morgan fingerprint density at radius 1 is 1.11 bits per heavy atom. The molecule has 0 saturated carbocycles. The number of hydrogen-bond acceptors (Lipinski definition) is 9. The Kier molecular flexibility index (Phi) is 8.85. The molecule has 0 spiro atoms. The molecule has 1 saturated heterocycles. The van der Waals surface area contributed by atoms with Gasteiger partial charge in [0.05, 0.1) is 11.6 Å². The van der Waals surface area contributed by atoms with Crippen LogP contribution in [0.4, 0.5) is 17.6 Å². The zero-order chi connectivity index (χ0) is 26.2. The summed E-state index contributed by atoms with van der Waals surface area (Å²) in [5, 5.41) is 18.7. The maximum Gasteiger partial charge on any atom is 0.244 e. The van der Waals surface area contributed by atoms with Crippen LogP contribution >= 0.6 is 11.6 Å². The molecule has 1 aliphatic rings. The SMILES string of the molecule is CN(C)C(=O)C(Cc1ccc(C#N)cc1)Nc1nc(Cl)nc(Nc2cccc(CN3CCNCC3)c2)n1. The third-order valence-corrected chi connectivity index (χ3v) is 6.14. The Morgan fingerprint density at radius 3 is 2.54 bits per heavy atom. The average molecular weight is 520 g/mol. The van der Waals surface area contributed by atoms with Gasteiger partial charge in [-0.2, -0.15) is 20.2 Å². The fourth-order valence-corrected chi connectivity index (χ4v) is 4.25. The molecule has 1 atom stereocenters. The molecular formula is C26H30ClN9O. The van der Waals surface area contributed by atoms with Crippen molar-refractivity contribution in [2.75, 3.05) is 50.9 Å². The molecule has 11 heteroatoms. The van der Waals surface area contributed by atoms with Crippen LogP contribution in [-0.4, -0.2) is 77.0 Å². The molecule has 0 bridgehead atoms. The predicted octanol–water partition coefficient (Wildman–Crippen LogP) is 2.66. The van der Waals surface area contributed by atoms with Crippen LogP contribution in [0.25, 0.3) is 0 Å². The van der Waals surface area contributed by atoms with Gasteiger partial charge in [0.2, 0.25) is 23.1 Å². The zero-order valence-electron chi connectivity index (χ0n) is 20.9. The summed E-state index contributed by atoms with van der Waals surface area (Å²) in [6.07, 6.45) is 0.378. The van der Waals surface area contributed by atoms with Gasteiger partial charge in [0, 0.05) is 58.9 Å². The van der Waals surface area contributed by atoms with Crippen LogP contribution in [0.3, 0.4) is 0 Å². The maximum atomic E-state index is 12.9. The number of halogens is 1. The predicted molar refractivity (Wildman–Crippen MR) is 144 cm³/mol. The van der Waals surface area contributed by atoms with E-state index in [-0.39, 0.29) is 23.1 Å². The van der Waals surface area contributed by atoms with Gasteiger partial charge in [-0.05, 0) is 47.0 Å². The van der Waals surface area contributed by atoms with Gasteiger partial charge in [-0.15, -0.1) is 0 Å². The summed E-state index contributed by atoms with van der Waals surface area (Å²) in [5.41, 5.74) is 3.47. The molecule has 192 valence electrons. The van der Waals surface area contributed by atoms with Crippen molar-refractivity contribution < 1.29 is 4.79 Å². The topological polar surface area (TPSA) is 122 Å². The van der Waals surface area contributed by atoms with E-state index in [0.717, 1.165) is 44.0 Å². The third-order valence-electron chi connectivity index (χ3n) is 5.97. The minimum absolute atomic E-state index is 0.00592. The number of rotatable bonds is 9. The van der Waals surface area contributed by atoms with Crippen molar-refractivity contribution in [3.05, 3.63) is 70.5 Å². The van der Waals surface area contributed by atoms with E-state index in [1.165, 1.54) is 10.5 Å². The number of carbonyl (C=O) groups excluding carboxylic acids is 1. The van der Waals surface area contributed by atoms with Crippen LogP contribution < -0.4 is 16.0 Å². The molecule has 2 aromatic carbocycles. The van der Waals surface area contributed by atoms with Crippen molar-refractivity contribution in [1.82, 2.24) is 30.1 Å². The van der Waals surface area contributed by atoms with Crippen LogP contribution in [0.2, 0.25) is 5.28 Å². The summed E-state index contributed by atoms with van der Waals surface area (Å²) in [6.45, 7) is 4.90. The number of amides is 1. The van der Waals surface area contributed by atoms with E-state index in [0.29, 0.717) is 12.0 Å². The van der Waals surface area contributed by atoms with E-state index in [1.54, 1.807) is 26.2 Å². The van der Waals surface area contributed by atoms with Crippen molar-refractivity contribution in [3.63, 3.8) is 0 Å². The van der Waals surface area contributed by atoms with Crippen LogP contribution in [0, 0.1) is 11.3 Å². The van der Waals surface area contributed by atoms with Crippen molar-refractivity contribution in [2.45, 2.75) is 19.0 Å². The lowest BCUT2D eigenvalue weighted by molar-refractivity contribution is -0.129. The number of carbonyl (C=O) groups is 1. The smallest absolute Gasteiger partial charge is 0.244 e. The second kappa shape index (κ2) is 12.5. The molecule has 1 aromatic heterocycles. The number of piperazine rings is 1. The van der Waals surface area contributed by atoms with E-state index in [1.807, 2.05) is 24.3 Å². The quantitative estimate of drug-likeness (QED) is 0.391. The number of benzene rings is 2. The van der Waals surface area contributed by atoms with Gasteiger partial charge < -0.3 is 20.9 Å². The molecule has 1 amide bonds. The standard InChI is InChI=1S/C26H30ClN9O/c1-35(2)23(37)22(15-18-6-8-19(16-28)9-7-18)31-26-33-24(27)32-25(34-26)30-21-5-3-4-20(14-21)17-36-12-10-29-11-13-36/h3-9,14,22,29H,10-13,15,17H2,1-2H3,(H2,30,31,32,33,34). The molecule has 1 unspecified atom stereocenters. The van der Waals surface area contributed by atoms with Gasteiger partial charge in [0.25, 0.3) is 0 Å². The summed E-state index contributed by atoms with van der Waals surface area (Å²) in [4.78, 5) is 29.7. The normalized spacial score (nSPS) is 14.4. The highest BCUT2D eigenvalue weighted by molar-refractivity contribution is 6.28. The number of nitrogens with zero attached hydrogens (tertiary/aromatic N) is 6. The fraction of sp³-hybridized carbons (Fsp3) is 0.346. The minimum Gasteiger partial charge on any atom is -0.347 e. The molecule has 0 aliphatic carbocycles. The second-order valence-corrected chi connectivity index (χ2v) is 9.38. The van der Waals surface area contributed by atoms with Crippen LogP contribution in [0.1, 0.15) is 16.7 Å². The van der Waals surface area contributed by atoms with Gasteiger partial charge in [-0.25, -0.2) is 0 Å². The molecule has 37 heavy (non-hydrogen) atoms. The first kappa shape index (κ1) is 26.3. The molecule has 3 aromatic rings. The highest BCUT2D eigenvalue weighted by Gasteiger charge is 2.22. The minimum atomic E-state index is -0.642. The number of likely N-dealkylation sites (N-methyl/N-ethyl adjacent to an activating group) is 1. The zero-order valence-corrected chi connectivity index (χ0v) is 21.7. The van der Waals surface area contributed by atoms with E-state index in [2.05, 4.69) is 54.0 Å². The molecule has 3 N–H and O–H groups in total. The Hall–Kier alpha value is -3.78. The first-order chi connectivity index (χ1) is 17.9. The summed E-state index contributed by atoms with van der Waals surface area (Å²) in [7, 11) is 3.38. The number of anilines is 3. The molecular weight excluding hydrogens is 490 g/mol. The summed E-state index contributed by atoms with van der Waals surface area (Å²) in [6, 6.07) is 16.7. The second-order valence-electron chi connectivity index (χ2n) is 9.05. The van der Waals surface area contributed by atoms with Gasteiger partial charge in [-0.1, -0.05) is 24.3 Å². The Bertz CT molecular complexity index is 1250. The largest absolute Gasteiger partial charge is 0.347 e. The lowest BCUT2D eigenvalue weighted by Gasteiger charge is -2.27. The molecule has 2 heterocycles. The van der Waals surface area contributed by atoms with Gasteiger partial charge in [0.1, 0.15) is 6.04 Å². The number of nitriles is 1. The van der Waals surface area contributed by atoms with Gasteiger partial charge in [-0.3, -0.25) is 9.69 Å². The summed E-state index contributed by atoms with van der Waals surface area (Å²) in [5.74, 6) is 0.320. The van der Waals surface area contributed by atoms with E-state index in [9.17, 15) is 4.79 Å². The highest BCUT2D eigenvalue weighted by atomic mass is 35.5. The summed E-state index contributed by atoms with van der Waals surface area (Å²) < 4.78 is 0. The molecule has 4 rings (SSSR count). The van der Waals surface area contributed by atoms with Gasteiger partial charge >= 0.3 is 0 Å². The van der Waals surface area contributed by atoms with Crippen LogP contribution in [0.5, 0.6) is 0 Å². The Morgan fingerprint density at radius 2 is 1.84 bits per heavy atom. The molecule has 10 nitrogen and oxygen atoms in total. The monoisotopic (exact) mass is 519 g/mol. The fourth-order valence-electron chi connectivity index (χ4n) is 4.09. The first-order valence-electron chi connectivity index (χ1n) is 12.1.